The highest BCUT2D eigenvalue weighted by molar-refractivity contribution is 5.92. The molecule has 0 spiro atoms. The van der Waals surface area contributed by atoms with E-state index in [4.69, 9.17) is 4.74 Å². The molecule has 1 N–H and O–H groups in total. The minimum absolute atomic E-state index is 0.0615. The van der Waals surface area contributed by atoms with Gasteiger partial charge in [-0.15, -0.1) is 0 Å². The summed E-state index contributed by atoms with van der Waals surface area (Å²) in [4.78, 5) is 31.4. The van der Waals surface area contributed by atoms with Gasteiger partial charge in [0.25, 0.3) is 0 Å². The van der Waals surface area contributed by atoms with E-state index in [1.54, 1.807) is 6.92 Å². The van der Waals surface area contributed by atoms with E-state index in [-0.39, 0.29) is 23.8 Å². The van der Waals surface area contributed by atoms with Gasteiger partial charge in [0.15, 0.2) is 17.3 Å². The van der Waals surface area contributed by atoms with Gasteiger partial charge < -0.3 is 10.1 Å². The number of hydrogen-bond acceptors (Lipinski definition) is 5. The SMILES string of the molecule is CCOC(=O)c1cn(-c2ncc(NC(=O)Cc3cccc(C(F)(F)F)c3F)cc2F)cn1. The molecule has 2 heterocycles. The molecule has 0 fully saturated rings. The molecule has 3 aromatic rings. The largest absolute Gasteiger partial charge is 0.461 e. The minimum Gasteiger partial charge on any atom is -0.461 e. The molecule has 0 aliphatic rings. The molecule has 0 saturated heterocycles. The van der Waals surface area contributed by atoms with Gasteiger partial charge in [-0.25, -0.2) is 23.5 Å². The van der Waals surface area contributed by atoms with E-state index in [1.165, 1.54) is 6.20 Å². The Morgan fingerprint density at radius 3 is 2.59 bits per heavy atom. The van der Waals surface area contributed by atoms with Crippen molar-refractivity contribution in [3.8, 4) is 5.82 Å². The Hall–Kier alpha value is -3.83. The molecule has 32 heavy (non-hydrogen) atoms. The van der Waals surface area contributed by atoms with Crippen LogP contribution in [0.5, 0.6) is 0 Å². The predicted octanol–water partition coefficient (Wildman–Crippen LogP) is 3.92. The number of halogens is 5. The van der Waals surface area contributed by atoms with E-state index in [1.807, 2.05) is 0 Å². The van der Waals surface area contributed by atoms with Crippen molar-refractivity contribution < 1.29 is 36.3 Å². The lowest BCUT2D eigenvalue weighted by Crippen LogP contribution is -2.17. The lowest BCUT2D eigenvalue weighted by atomic mass is 10.1. The highest BCUT2D eigenvalue weighted by atomic mass is 19.4. The lowest BCUT2D eigenvalue weighted by Gasteiger charge is -2.11. The van der Waals surface area contributed by atoms with Gasteiger partial charge in [-0.3, -0.25) is 9.36 Å². The van der Waals surface area contributed by atoms with Crippen LogP contribution in [-0.4, -0.2) is 33.0 Å². The third-order valence-electron chi connectivity index (χ3n) is 4.15. The topological polar surface area (TPSA) is 86.1 Å². The number of nitrogens with one attached hydrogen (secondary N) is 1. The molecule has 0 atom stereocenters. The molecule has 7 nitrogen and oxygen atoms in total. The zero-order chi connectivity index (χ0) is 23.5. The average Bonchev–Trinajstić information content (AvgIpc) is 3.19. The first-order valence-corrected chi connectivity index (χ1v) is 9.11. The predicted molar refractivity (Wildman–Crippen MR) is 101 cm³/mol. The Labute approximate surface area is 177 Å². The molecule has 0 radical (unpaired) electrons. The molecule has 0 saturated carbocycles. The number of benzene rings is 1. The van der Waals surface area contributed by atoms with Gasteiger partial charge in [-0.05, 0) is 18.6 Å². The van der Waals surface area contributed by atoms with E-state index >= 15 is 0 Å². The Bertz CT molecular complexity index is 1160. The van der Waals surface area contributed by atoms with Crippen molar-refractivity contribution in [3.05, 3.63) is 71.4 Å². The van der Waals surface area contributed by atoms with Crippen molar-refractivity contribution in [2.45, 2.75) is 19.5 Å². The van der Waals surface area contributed by atoms with Crippen LogP contribution in [0.1, 0.15) is 28.5 Å². The highest BCUT2D eigenvalue weighted by Gasteiger charge is 2.35. The molecule has 12 heteroatoms. The normalized spacial score (nSPS) is 11.3. The Kier molecular flexibility index (Phi) is 6.51. The van der Waals surface area contributed by atoms with E-state index in [2.05, 4.69) is 15.3 Å². The molecule has 1 amide bonds. The fourth-order valence-corrected chi connectivity index (χ4v) is 2.75. The monoisotopic (exact) mass is 454 g/mol. The molecular formula is C20H15F5N4O3. The van der Waals surface area contributed by atoms with Crippen molar-refractivity contribution in [1.29, 1.82) is 0 Å². The average molecular weight is 454 g/mol. The van der Waals surface area contributed by atoms with E-state index in [0.29, 0.717) is 6.07 Å². The molecule has 0 bridgehead atoms. The van der Waals surface area contributed by atoms with Crippen molar-refractivity contribution in [3.63, 3.8) is 0 Å². The number of amides is 1. The van der Waals surface area contributed by atoms with Crippen LogP contribution in [-0.2, 0) is 22.1 Å². The molecule has 3 rings (SSSR count). The summed E-state index contributed by atoms with van der Waals surface area (Å²) in [5.41, 5.74) is -2.11. The second-order valence-corrected chi connectivity index (χ2v) is 6.42. The third-order valence-corrected chi connectivity index (χ3v) is 4.15. The molecular weight excluding hydrogens is 439 g/mol. The third kappa shape index (κ3) is 5.07. The molecule has 1 aromatic carbocycles. The number of nitrogens with zero attached hydrogens (tertiary/aromatic N) is 3. The van der Waals surface area contributed by atoms with Crippen molar-refractivity contribution >= 4 is 17.6 Å². The van der Waals surface area contributed by atoms with Crippen LogP contribution in [0.15, 0.2) is 43.0 Å². The molecule has 168 valence electrons. The maximum absolute atomic E-state index is 14.5. The zero-order valence-corrected chi connectivity index (χ0v) is 16.4. The Morgan fingerprint density at radius 2 is 1.94 bits per heavy atom. The number of ether oxygens (including phenoxy) is 1. The summed E-state index contributed by atoms with van der Waals surface area (Å²) in [5, 5.41) is 2.25. The van der Waals surface area contributed by atoms with Gasteiger partial charge in [-0.2, -0.15) is 13.2 Å². The first kappa shape index (κ1) is 22.8. The molecule has 2 aromatic heterocycles. The molecule has 0 aliphatic heterocycles. The number of carbonyl (C=O) groups is 2. The number of anilines is 1. The smallest absolute Gasteiger partial charge is 0.419 e. The summed E-state index contributed by atoms with van der Waals surface area (Å²) in [7, 11) is 0. The van der Waals surface area contributed by atoms with Crippen LogP contribution >= 0.6 is 0 Å². The standard InChI is InChI=1S/C20H15F5N4O3/c1-2-32-19(31)15-9-29(10-27-15)18-14(21)7-12(8-26-18)28-16(30)6-11-4-3-5-13(17(11)22)20(23,24)25/h3-5,7-10H,2,6H2,1H3,(H,28,30). The highest BCUT2D eigenvalue weighted by Crippen LogP contribution is 2.32. The number of pyridine rings is 1. The van der Waals surface area contributed by atoms with Crippen LogP contribution in [0.3, 0.4) is 0 Å². The second kappa shape index (κ2) is 9.12. The van der Waals surface area contributed by atoms with Gasteiger partial charge in [-0.1, -0.05) is 12.1 Å². The van der Waals surface area contributed by atoms with E-state index in [0.717, 1.165) is 35.3 Å². The summed E-state index contributed by atoms with van der Waals surface area (Å²) >= 11 is 0. The van der Waals surface area contributed by atoms with Crippen LogP contribution in [0.25, 0.3) is 5.82 Å². The fraction of sp³-hybridized carbons (Fsp3) is 0.200. The quantitative estimate of drug-likeness (QED) is 0.451. The number of alkyl halides is 3. The first-order valence-electron chi connectivity index (χ1n) is 9.11. The number of carbonyl (C=O) groups excluding carboxylic acids is 2. The van der Waals surface area contributed by atoms with Crippen molar-refractivity contribution in [2.75, 3.05) is 11.9 Å². The van der Waals surface area contributed by atoms with Crippen LogP contribution < -0.4 is 5.32 Å². The summed E-state index contributed by atoms with van der Waals surface area (Å²) in [6.45, 7) is 1.75. The summed E-state index contributed by atoms with van der Waals surface area (Å²) < 4.78 is 72.8. The van der Waals surface area contributed by atoms with Gasteiger partial charge >= 0.3 is 12.1 Å². The number of esters is 1. The Morgan fingerprint density at radius 1 is 1.19 bits per heavy atom. The fourth-order valence-electron chi connectivity index (χ4n) is 2.75. The zero-order valence-electron chi connectivity index (χ0n) is 16.4. The number of aromatic nitrogens is 3. The van der Waals surface area contributed by atoms with E-state index in [9.17, 15) is 31.5 Å². The maximum Gasteiger partial charge on any atom is 0.419 e. The van der Waals surface area contributed by atoms with Gasteiger partial charge in [0.05, 0.1) is 30.5 Å². The lowest BCUT2D eigenvalue weighted by molar-refractivity contribution is -0.140. The van der Waals surface area contributed by atoms with Gasteiger partial charge in [0, 0.05) is 12.3 Å². The van der Waals surface area contributed by atoms with Crippen LogP contribution in [0.4, 0.5) is 27.6 Å². The van der Waals surface area contributed by atoms with Gasteiger partial charge in [0.1, 0.15) is 12.1 Å². The van der Waals surface area contributed by atoms with Crippen LogP contribution in [0.2, 0.25) is 0 Å². The second-order valence-electron chi connectivity index (χ2n) is 6.42. The van der Waals surface area contributed by atoms with Gasteiger partial charge in [0.2, 0.25) is 5.91 Å². The van der Waals surface area contributed by atoms with Crippen molar-refractivity contribution in [1.82, 2.24) is 14.5 Å². The van der Waals surface area contributed by atoms with E-state index < -0.39 is 47.2 Å². The molecule has 0 aliphatic carbocycles. The van der Waals surface area contributed by atoms with Crippen molar-refractivity contribution in [2.24, 2.45) is 0 Å². The molecule has 0 unspecified atom stereocenters. The number of rotatable bonds is 6. The Balaban J connectivity index is 1.73. The summed E-state index contributed by atoms with van der Waals surface area (Å²) in [6.07, 6.45) is -2.17. The van der Waals surface area contributed by atoms with Crippen LogP contribution in [0, 0.1) is 11.6 Å². The summed E-state index contributed by atoms with van der Waals surface area (Å²) in [6, 6.07) is 3.51. The summed E-state index contributed by atoms with van der Waals surface area (Å²) in [5.74, 6) is -4.23. The number of hydrogen-bond donors (Lipinski definition) is 1. The maximum atomic E-state index is 14.5. The number of imidazole rings is 1. The minimum atomic E-state index is -4.90. The first-order chi connectivity index (χ1) is 15.1.